The minimum absolute atomic E-state index is 0.0469. The molecule has 37 heavy (non-hydrogen) atoms. The van der Waals surface area contributed by atoms with E-state index in [-0.39, 0.29) is 43.7 Å². The van der Waals surface area contributed by atoms with Crippen LogP contribution in [0, 0.1) is 5.92 Å². The molecule has 0 aliphatic rings. The van der Waals surface area contributed by atoms with Crippen molar-refractivity contribution < 1.29 is 22.7 Å². The number of carbonyl (C=O) groups excluding carboxylic acids is 2. The molecule has 11 heteroatoms. The molecule has 2 aromatic rings. The first kappa shape index (κ1) is 30.7. The first-order valence-electron chi connectivity index (χ1n) is 12.0. The number of hydrogen-bond donors (Lipinski definition) is 1. The van der Waals surface area contributed by atoms with Gasteiger partial charge in [0.1, 0.15) is 11.8 Å². The molecule has 0 saturated carbocycles. The monoisotopic (exact) mass is 571 g/mol. The van der Waals surface area contributed by atoms with Gasteiger partial charge in [-0.3, -0.25) is 13.9 Å². The van der Waals surface area contributed by atoms with Gasteiger partial charge in [0.25, 0.3) is 0 Å². The number of benzene rings is 2. The van der Waals surface area contributed by atoms with Gasteiger partial charge >= 0.3 is 0 Å². The van der Waals surface area contributed by atoms with Crippen LogP contribution in [0.15, 0.2) is 42.5 Å². The molecule has 1 unspecified atom stereocenters. The lowest BCUT2D eigenvalue weighted by molar-refractivity contribution is -0.140. The molecule has 0 saturated heterocycles. The minimum Gasteiger partial charge on any atom is -0.497 e. The third-order valence-electron chi connectivity index (χ3n) is 5.70. The average molecular weight is 573 g/mol. The Morgan fingerprint density at radius 2 is 1.68 bits per heavy atom. The van der Waals surface area contributed by atoms with Crippen LogP contribution in [0.2, 0.25) is 10.0 Å². The number of carbonyl (C=O) groups is 2. The molecule has 1 N–H and O–H groups in total. The smallest absolute Gasteiger partial charge is 0.242 e. The highest BCUT2D eigenvalue weighted by molar-refractivity contribution is 7.92. The Hall–Kier alpha value is -2.49. The lowest BCUT2D eigenvalue weighted by Gasteiger charge is -2.30. The van der Waals surface area contributed by atoms with E-state index in [2.05, 4.69) is 5.32 Å². The summed E-state index contributed by atoms with van der Waals surface area (Å²) in [6.07, 6.45) is 1.43. The maximum atomic E-state index is 13.3. The highest BCUT2D eigenvalue weighted by Gasteiger charge is 2.27. The lowest BCUT2D eigenvalue weighted by Crippen LogP contribution is -2.48. The highest BCUT2D eigenvalue weighted by Crippen LogP contribution is 2.25. The van der Waals surface area contributed by atoms with E-state index >= 15 is 0 Å². The van der Waals surface area contributed by atoms with E-state index < -0.39 is 16.1 Å². The summed E-state index contributed by atoms with van der Waals surface area (Å²) in [7, 11) is -2.05. The van der Waals surface area contributed by atoms with Crippen LogP contribution >= 0.6 is 23.2 Å². The first-order valence-corrected chi connectivity index (χ1v) is 14.6. The van der Waals surface area contributed by atoms with Gasteiger partial charge in [0.05, 0.1) is 29.1 Å². The Morgan fingerprint density at radius 1 is 1.03 bits per heavy atom. The molecule has 0 heterocycles. The summed E-state index contributed by atoms with van der Waals surface area (Å²) in [5.41, 5.74) is 1.20. The summed E-state index contributed by atoms with van der Waals surface area (Å²) in [5.74, 6) is 0.324. The molecule has 0 spiro atoms. The van der Waals surface area contributed by atoms with E-state index in [1.165, 1.54) is 16.3 Å². The Bertz CT molecular complexity index is 1170. The van der Waals surface area contributed by atoms with Crippen molar-refractivity contribution in [2.75, 3.05) is 30.8 Å². The summed E-state index contributed by atoms with van der Waals surface area (Å²) >= 11 is 12.2. The molecule has 8 nitrogen and oxygen atoms in total. The Labute approximate surface area is 229 Å². The van der Waals surface area contributed by atoms with Crippen LogP contribution in [0.25, 0.3) is 0 Å². The van der Waals surface area contributed by atoms with Crippen LogP contribution < -0.4 is 14.4 Å². The van der Waals surface area contributed by atoms with E-state index in [0.29, 0.717) is 28.0 Å². The summed E-state index contributed by atoms with van der Waals surface area (Å²) < 4.78 is 31.3. The molecule has 0 aromatic heterocycles. The molecule has 1 atom stereocenters. The molecule has 0 fully saturated rings. The van der Waals surface area contributed by atoms with E-state index in [1.54, 1.807) is 49.4 Å². The molecular weight excluding hydrogens is 537 g/mol. The number of halogens is 2. The van der Waals surface area contributed by atoms with Crippen LogP contribution in [0.3, 0.4) is 0 Å². The summed E-state index contributed by atoms with van der Waals surface area (Å²) in [4.78, 5) is 27.6. The average Bonchev–Trinajstić information content (AvgIpc) is 2.84. The molecule has 2 aromatic carbocycles. The number of nitrogens with zero attached hydrogens (tertiary/aromatic N) is 2. The summed E-state index contributed by atoms with van der Waals surface area (Å²) in [6, 6.07) is 11.0. The highest BCUT2D eigenvalue weighted by atomic mass is 35.5. The van der Waals surface area contributed by atoms with Gasteiger partial charge in [-0.05, 0) is 61.2 Å². The van der Waals surface area contributed by atoms with E-state index in [0.717, 1.165) is 11.8 Å². The van der Waals surface area contributed by atoms with Crippen LogP contribution in [0.1, 0.15) is 39.2 Å². The number of amides is 2. The van der Waals surface area contributed by atoms with Gasteiger partial charge < -0.3 is 15.0 Å². The Morgan fingerprint density at radius 3 is 2.22 bits per heavy atom. The topological polar surface area (TPSA) is 96.0 Å². The minimum atomic E-state index is -3.58. The van der Waals surface area contributed by atoms with Gasteiger partial charge in [-0.25, -0.2) is 8.42 Å². The van der Waals surface area contributed by atoms with Gasteiger partial charge in [-0.1, -0.05) is 43.1 Å². The number of sulfonamides is 1. The third kappa shape index (κ3) is 9.39. The van der Waals surface area contributed by atoms with Gasteiger partial charge in [0.15, 0.2) is 0 Å². The normalized spacial score (nSPS) is 12.2. The molecule has 0 bridgehead atoms. The number of nitrogens with one attached hydrogen (secondary N) is 1. The van der Waals surface area contributed by atoms with Crippen molar-refractivity contribution >= 4 is 50.7 Å². The van der Waals surface area contributed by atoms with Crippen molar-refractivity contribution in [1.82, 2.24) is 10.2 Å². The van der Waals surface area contributed by atoms with E-state index in [1.807, 2.05) is 13.8 Å². The maximum absolute atomic E-state index is 13.3. The van der Waals surface area contributed by atoms with Crippen molar-refractivity contribution in [3.05, 3.63) is 58.1 Å². The van der Waals surface area contributed by atoms with Gasteiger partial charge in [0, 0.05) is 26.1 Å². The molecule has 2 rings (SSSR count). The van der Waals surface area contributed by atoms with Crippen molar-refractivity contribution in [1.29, 1.82) is 0 Å². The molecule has 204 valence electrons. The zero-order valence-corrected chi connectivity index (χ0v) is 24.2. The number of hydrogen-bond acceptors (Lipinski definition) is 5. The van der Waals surface area contributed by atoms with Gasteiger partial charge in [0.2, 0.25) is 21.8 Å². The second-order valence-electron chi connectivity index (χ2n) is 9.22. The van der Waals surface area contributed by atoms with Crippen LogP contribution in [0.5, 0.6) is 5.75 Å². The van der Waals surface area contributed by atoms with Crippen molar-refractivity contribution in [2.45, 2.75) is 46.2 Å². The van der Waals surface area contributed by atoms with Crippen molar-refractivity contribution in [3.8, 4) is 5.75 Å². The second-order valence-corrected chi connectivity index (χ2v) is 11.9. The quantitative estimate of drug-likeness (QED) is 0.374. The molecule has 0 radical (unpaired) electrons. The van der Waals surface area contributed by atoms with Crippen LogP contribution in [-0.4, -0.2) is 57.6 Å². The van der Waals surface area contributed by atoms with Crippen molar-refractivity contribution in [3.63, 3.8) is 0 Å². The summed E-state index contributed by atoms with van der Waals surface area (Å²) in [5, 5.41) is 3.62. The van der Waals surface area contributed by atoms with Crippen molar-refractivity contribution in [2.24, 2.45) is 5.92 Å². The molecular formula is C26H35Cl2N3O5S. The number of rotatable bonds is 13. The SMILES string of the molecule is COc1ccc(N(CCCC(=O)N(Cc2ccc(Cl)c(Cl)c2)C(C)C(=O)NCC(C)C)S(C)(=O)=O)cc1. The zero-order valence-electron chi connectivity index (χ0n) is 21.8. The molecule has 0 aliphatic carbocycles. The van der Waals surface area contributed by atoms with Crippen LogP contribution in [0.4, 0.5) is 5.69 Å². The summed E-state index contributed by atoms with van der Waals surface area (Å²) in [6.45, 7) is 6.39. The fourth-order valence-corrected chi connectivity index (χ4v) is 4.91. The zero-order chi connectivity index (χ0) is 27.8. The Balaban J connectivity index is 2.18. The second kappa shape index (κ2) is 13.9. The number of methoxy groups -OCH3 is 1. The molecule has 0 aliphatic heterocycles. The first-order chi connectivity index (χ1) is 17.3. The van der Waals surface area contributed by atoms with E-state index in [9.17, 15) is 18.0 Å². The number of ether oxygens (including phenoxy) is 1. The maximum Gasteiger partial charge on any atom is 0.242 e. The molecule has 2 amide bonds. The fraction of sp³-hybridized carbons (Fsp3) is 0.462. The lowest BCUT2D eigenvalue weighted by atomic mass is 10.1. The third-order valence-corrected chi connectivity index (χ3v) is 7.63. The van der Waals surface area contributed by atoms with E-state index in [4.69, 9.17) is 27.9 Å². The standard InChI is InChI=1S/C26H35Cl2N3O5S/c1-18(2)16-29-26(33)19(3)30(17-20-8-13-23(27)24(28)15-20)25(32)7-6-14-31(37(5,34)35)21-9-11-22(36-4)12-10-21/h8-13,15,18-19H,6-7,14,16-17H2,1-5H3,(H,29,33). The number of anilines is 1. The largest absolute Gasteiger partial charge is 0.497 e. The predicted molar refractivity (Wildman–Crippen MR) is 149 cm³/mol. The van der Waals surface area contributed by atoms with Crippen LogP contribution in [-0.2, 0) is 26.2 Å². The predicted octanol–water partition coefficient (Wildman–Crippen LogP) is 4.74. The fourth-order valence-electron chi connectivity index (χ4n) is 3.62. The Kier molecular flexibility index (Phi) is 11.5. The van der Waals surface area contributed by atoms with Gasteiger partial charge in [-0.2, -0.15) is 0 Å². The van der Waals surface area contributed by atoms with Gasteiger partial charge in [-0.15, -0.1) is 0 Å².